The first-order valence-corrected chi connectivity index (χ1v) is 6.01. The molecule has 94 valence electrons. The maximum atomic E-state index is 11.9. The van der Waals surface area contributed by atoms with Gasteiger partial charge in [-0.25, -0.2) is 0 Å². The molecule has 0 bridgehead atoms. The Morgan fingerprint density at radius 2 is 2.00 bits per heavy atom. The quantitative estimate of drug-likeness (QED) is 0.758. The molecule has 1 rings (SSSR count). The van der Waals surface area contributed by atoms with Crippen LogP contribution in [0, 0.1) is 0 Å². The number of nitrogens with zero attached hydrogens (tertiary/aromatic N) is 1. The summed E-state index contributed by atoms with van der Waals surface area (Å²) < 4.78 is 4.93. The summed E-state index contributed by atoms with van der Waals surface area (Å²) in [5.74, 6) is 0.0469. The van der Waals surface area contributed by atoms with Crippen molar-refractivity contribution in [2.75, 3.05) is 13.7 Å². The second-order valence-electron chi connectivity index (χ2n) is 4.20. The van der Waals surface area contributed by atoms with E-state index in [-0.39, 0.29) is 18.6 Å². The van der Waals surface area contributed by atoms with Crippen molar-refractivity contribution in [2.24, 2.45) is 0 Å². The number of carbonyl (C=O) groups excluding carboxylic acids is 1. The number of hydrogen-bond acceptors (Lipinski definition) is 2. The Bertz CT molecular complexity index is 337. The second kappa shape index (κ2) is 7.07. The molecule has 3 heteroatoms. The fourth-order valence-corrected chi connectivity index (χ4v) is 1.70. The minimum Gasteiger partial charge on any atom is -0.375 e. The average Bonchev–Trinajstić information content (AvgIpc) is 2.36. The minimum absolute atomic E-state index is 0.0469. The van der Waals surface area contributed by atoms with Crippen LogP contribution in [0.15, 0.2) is 30.3 Å². The zero-order valence-electron chi connectivity index (χ0n) is 10.8. The number of rotatable bonds is 6. The van der Waals surface area contributed by atoms with Gasteiger partial charge in [0.1, 0.15) is 6.61 Å². The van der Waals surface area contributed by atoms with Crippen molar-refractivity contribution in [1.82, 2.24) is 4.90 Å². The van der Waals surface area contributed by atoms with Gasteiger partial charge < -0.3 is 9.64 Å². The van der Waals surface area contributed by atoms with E-state index >= 15 is 0 Å². The molecule has 0 aliphatic rings. The lowest BCUT2D eigenvalue weighted by Gasteiger charge is -2.28. The molecular formula is C14H21NO2. The first kappa shape index (κ1) is 13.7. The van der Waals surface area contributed by atoms with E-state index < -0.39 is 0 Å². The lowest BCUT2D eigenvalue weighted by Crippen LogP contribution is -2.39. The molecule has 0 saturated heterocycles. The Balaban J connectivity index is 2.73. The van der Waals surface area contributed by atoms with E-state index in [1.54, 1.807) is 7.11 Å². The van der Waals surface area contributed by atoms with Crippen molar-refractivity contribution in [2.45, 2.75) is 32.9 Å². The molecule has 0 heterocycles. The Morgan fingerprint density at radius 1 is 1.35 bits per heavy atom. The van der Waals surface area contributed by atoms with E-state index in [4.69, 9.17) is 4.74 Å². The van der Waals surface area contributed by atoms with Crippen molar-refractivity contribution < 1.29 is 9.53 Å². The molecule has 0 N–H and O–H groups in total. The Hall–Kier alpha value is -1.35. The van der Waals surface area contributed by atoms with Gasteiger partial charge in [-0.05, 0) is 18.9 Å². The van der Waals surface area contributed by atoms with E-state index in [1.807, 2.05) is 35.2 Å². The van der Waals surface area contributed by atoms with Crippen LogP contribution in [0.5, 0.6) is 0 Å². The van der Waals surface area contributed by atoms with Crippen LogP contribution in [0.4, 0.5) is 0 Å². The van der Waals surface area contributed by atoms with Gasteiger partial charge in [0.05, 0.1) is 0 Å². The Labute approximate surface area is 103 Å². The monoisotopic (exact) mass is 235 g/mol. The summed E-state index contributed by atoms with van der Waals surface area (Å²) in [6.07, 6.45) is 0.947. The molecule has 1 aromatic carbocycles. The number of ether oxygens (including phenoxy) is 1. The fraction of sp³-hybridized carbons (Fsp3) is 0.500. The summed E-state index contributed by atoms with van der Waals surface area (Å²) in [5.41, 5.74) is 1.15. The summed E-state index contributed by atoms with van der Waals surface area (Å²) in [4.78, 5) is 13.8. The van der Waals surface area contributed by atoms with Crippen molar-refractivity contribution in [3.8, 4) is 0 Å². The third-order valence-corrected chi connectivity index (χ3v) is 2.91. The van der Waals surface area contributed by atoms with Gasteiger partial charge in [-0.1, -0.05) is 37.3 Å². The van der Waals surface area contributed by atoms with Gasteiger partial charge in [0.25, 0.3) is 0 Å². The Morgan fingerprint density at radius 3 is 2.53 bits per heavy atom. The third-order valence-electron chi connectivity index (χ3n) is 2.91. The summed E-state index contributed by atoms with van der Waals surface area (Å²) in [5, 5.41) is 0. The first-order chi connectivity index (χ1) is 8.19. The van der Waals surface area contributed by atoms with Crippen LogP contribution in [0.3, 0.4) is 0 Å². The predicted octanol–water partition coefficient (Wildman–Crippen LogP) is 2.46. The molecule has 0 aromatic heterocycles. The molecule has 0 saturated carbocycles. The van der Waals surface area contributed by atoms with Gasteiger partial charge in [0.2, 0.25) is 5.91 Å². The van der Waals surface area contributed by atoms with Crippen molar-refractivity contribution in [3.63, 3.8) is 0 Å². The van der Waals surface area contributed by atoms with Crippen LogP contribution in [-0.2, 0) is 16.1 Å². The maximum Gasteiger partial charge on any atom is 0.249 e. The molecule has 0 spiro atoms. The molecule has 1 atom stereocenters. The van der Waals surface area contributed by atoms with Gasteiger partial charge in [-0.3, -0.25) is 4.79 Å². The predicted molar refractivity (Wildman–Crippen MR) is 68.6 cm³/mol. The second-order valence-corrected chi connectivity index (χ2v) is 4.20. The molecule has 0 aliphatic carbocycles. The van der Waals surface area contributed by atoms with E-state index in [0.717, 1.165) is 12.0 Å². The molecule has 1 amide bonds. The minimum atomic E-state index is 0.0469. The Kier molecular flexibility index (Phi) is 5.70. The van der Waals surface area contributed by atoms with Gasteiger partial charge >= 0.3 is 0 Å². The fourth-order valence-electron chi connectivity index (χ4n) is 1.70. The van der Waals surface area contributed by atoms with Gasteiger partial charge in [-0.15, -0.1) is 0 Å². The summed E-state index contributed by atoms with van der Waals surface area (Å²) in [7, 11) is 1.55. The normalized spacial score (nSPS) is 12.2. The van der Waals surface area contributed by atoms with E-state index in [9.17, 15) is 4.79 Å². The third kappa shape index (κ3) is 4.19. The maximum absolute atomic E-state index is 11.9. The largest absolute Gasteiger partial charge is 0.375 e. The average molecular weight is 235 g/mol. The van der Waals surface area contributed by atoms with Crippen LogP contribution < -0.4 is 0 Å². The highest BCUT2D eigenvalue weighted by molar-refractivity contribution is 5.77. The molecular weight excluding hydrogens is 214 g/mol. The standard InChI is InChI=1S/C14H21NO2/c1-4-12(2)15(14(16)11-17-3)10-13-8-6-5-7-9-13/h5-9,12H,4,10-11H2,1-3H3. The molecule has 3 nitrogen and oxygen atoms in total. The smallest absolute Gasteiger partial charge is 0.249 e. The summed E-state index contributed by atoms with van der Waals surface area (Å²) in [6.45, 7) is 4.95. The highest BCUT2D eigenvalue weighted by Crippen LogP contribution is 2.11. The SMILES string of the molecule is CCC(C)N(Cc1ccccc1)C(=O)COC. The number of amides is 1. The van der Waals surface area contributed by atoms with Crippen molar-refractivity contribution in [1.29, 1.82) is 0 Å². The van der Waals surface area contributed by atoms with Gasteiger partial charge in [-0.2, -0.15) is 0 Å². The number of carbonyl (C=O) groups is 1. The lowest BCUT2D eigenvalue weighted by molar-refractivity contribution is -0.138. The van der Waals surface area contributed by atoms with Gasteiger partial charge in [0, 0.05) is 19.7 Å². The number of hydrogen-bond donors (Lipinski definition) is 0. The zero-order valence-corrected chi connectivity index (χ0v) is 10.8. The summed E-state index contributed by atoms with van der Waals surface area (Å²) in [6, 6.07) is 10.3. The zero-order chi connectivity index (χ0) is 12.7. The molecule has 1 unspecified atom stereocenters. The van der Waals surface area contributed by atoms with Crippen molar-refractivity contribution >= 4 is 5.91 Å². The number of benzene rings is 1. The molecule has 0 fully saturated rings. The number of methoxy groups -OCH3 is 1. The highest BCUT2D eigenvalue weighted by atomic mass is 16.5. The highest BCUT2D eigenvalue weighted by Gasteiger charge is 2.18. The van der Waals surface area contributed by atoms with E-state index in [0.29, 0.717) is 6.54 Å². The van der Waals surface area contributed by atoms with Crippen LogP contribution >= 0.6 is 0 Å². The van der Waals surface area contributed by atoms with Crippen LogP contribution in [0.1, 0.15) is 25.8 Å². The molecule has 0 radical (unpaired) electrons. The molecule has 0 aliphatic heterocycles. The van der Waals surface area contributed by atoms with Gasteiger partial charge in [0.15, 0.2) is 0 Å². The molecule has 17 heavy (non-hydrogen) atoms. The van der Waals surface area contributed by atoms with Crippen LogP contribution in [-0.4, -0.2) is 30.6 Å². The molecule has 1 aromatic rings. The summed E-state index contributed by atoms with van der Waals surface area (Å²) >= 11 is 0. The van der Waals surface area contributed by atoms with Crippen molar-refractivity contribution in [3.05, 3.63) is 35.9 Å². The van der Waals surface area contributed by atoms with E-state index in [2.05, 4.69) is 13.8 Å². The van der Waals surface area contributed by atoms with Crippen LogP contribution in [0.25, 0.3) is 0 Å². The lowest BCUT2D eigenvalue weighted by atomic mass is 10.1. The topological polar surface area (TPSA) is 29.5 Å². The first-order valence-electron chi connectivity index (χ1n) is 6.01. The van der Waals surface area contributed by atoms with Crippen LogP contribution in [0.2, 0.25) is 0 Å². The van der Waals surface area contributed by atoms with E-state index in [1.165, 1.54) is 0 Å².